The molecule has 0 bridgehead atoms. The summed E-state index contributed by atoms with van der Waals surface area (Å²) < 4.78 is 7.49. The monoisotopic (exact) mass is 429 g/mol. The van der Waals surface area contributed by atoms with E-state index in [4.69, 9.17) is 20.2 Å². The molecule has 0 unspecified atom stereocenters. The fraction of sp³-hybridized carbons (Fsp3) is 0.0455. The molecule has 3 N–H and O–H groups in total. The third-order valence-corrected chi connectivity index (χ3v) is 4.54. The molecule has 0 saturated carbocycles. The van der Waals surface area contributed by atoms with Gasteiger partial charge in [0, 0.05) is 11.5 Å². The van der Waals surface area contributed by atoms with E-state index in [-0.39, 0.29) is 11.6 Å². The van der Waals surface area contributed by atoms with Crippen LogP contribution in [-0.4, -0.2) is 43.0 Å². The third kappa shape index (κ3) is 4.17. The van der Waals surface area contributed by atoms with Gasteiger partial charge in [-0.15, -0.1) is 0 Å². The third-order valence-electron chi connectivity index (χ3n) is 4.54. The van der Waals surface area contributed by atoms with Crippen LogP contribution in [0.5, 0.6) is 11.6 Å². The summed E-state index contributed by atoms with van der Waals surface area (Å²) in [6.07, 6.45) is 2.98. The molecular formula is C22H15N5O5. The van der Waals surface area contributed by atoms with E-state index in [1.165, 1.54) is 18.3 Å². The Bertz CT molecular complexity index is 1330. The number of rotatable bonds is 7. The first-order valence-electron chi connectivity index (χ1n) is 9.29. The van der Waals surface area contributed by atoms with E-state index >= 15 is 0 Å². The van der Waals surface area contributed by atoms with Gasteiger partial charge in [-0.2, -0.15) is 10.4 Å². The number of nitrogens with one attached hydrogen (secondary N) is 1. The SMILES string of the molecule is N#Cc1ccc(-n2ncc3cc(Oc4ccc(NC(C(=O)O)C(=O)O)cn4)ccc32)cc1. The summed E-state index contributed by atoms with van der Waals surface area (Å²) >= 11 is 0. The van der Waals surface area contributed by atoms with Crippen molar-refractivity contribution in [2.24, 2.45) is 0 Å². The highest BCUT2D eigenvalue weighted by Gasteiger charge is 2.25. The fourth-order valence-corrected chi connectivity index (χ4v) is 3.00. The summed E-state index contributed by atoms with van der Waals surface area (Å²) in [5.41, 5.74) is 2.46. The Balaban J connectivity index is 1.50. The standard InChI is InChI=1S/C22H15N5O5/c23-10-13-1-4-16(5-2-13)27-18-7-6-17(9-14(18)11-25-27)32-19-8-3-15(12-24-19)26-20(21(28)29)22(30)31/h1-9,11-12,20,26H,(H,28,29)(H,30,31). The van der Waals surface area contributed by atoms with E-state index < -0.39 is 18.0 Å². The Morgan fingerprint density at radius 1 is 1.03 bits per heavy atom. The Morgan fingerprint density at radius 3 is 2.41 bits per heavy atom. The number of nitrogens with zero attached hydrogens (tertiary/aromatic N) is 4. The van der Waals surface area contributed by atoms with Gasteiger partial charge in [-0.05, 0) is 48.5 Å². The molecule has 0 fully saturated rings. The van der Waals surface area contributed by atoms with Crippen LogP contribution in [0.4, 0.5) is 5.69 Å². The quantitative estimate of drug-likeness (QED) is 0.377. The van der Waals surface area contributed by atoms with Gasteiger partial charge >= 0.3 is 11.9 Å². The van der Waals surface area contributed by atoms with Gasteiger partial charge in [-0.1, -0.05) is 0 Å². The number of fused-ring (bicyclic) bond motifs is 1. The lowest BCUT2D eigenvalue weighted by molar-refractivity contribution is -0.148. The fourth-order valence-electron chi connectivity index (χ4n) is 3.00. The summed E-state index contributed by atoms with van der Waals surface area (Å²) in [4.78, 5) is 26.0. The minimum atomic E-state index is -1.78. The second-order valence-electron chi connectivity index (χ2n) is 6.68. The molecule has 4 aromatic rings. The number of ether oxygens (including phenoxy) is 1. The number of aromatic nitrogens is 3. The number of aliphatic carboxylic acids is 2. The van der Waals surface area contributed by atoms with Crippen LogP contribution in [0.15, 0.2) is 67.0 Å². The lowest BCUT2D eigenvalue weighted by Gasteiger charge is -2.11. The minimum Gasteiger partial charge on any atom is -0.479 e. The van der Waals surface area contributed by atoms with Gasteiger partial charge in [0.15, 0.2) is 0 Å². The molecule has 10 nitrogen and oxygen atoms in total. The number of carboxylic acids is 2. The predicted octanol–water partition coefficient (Wildman–Crippen LogP) is 3.03. The van der Waals surface area contributed by atoms with E-state index in [2.05, 4.69) is 21.5 Å². The molecular weight excluding hydrogens is 414 g/mol. The van der Waals surface area contributed by atoms with Crippen molar-refractivity contribution in [3.63, 3.8) is 0 Å². The first kappa shape index (κ1) is 20.4. The smallest absolute Gasteiger partial charge is 0.337 e. The molecule has 2 aromatic carbocycles. The number of anilines is 1. The number of benzene rings is 2. The number of hydrogen-bond donors (Lipinski definition) is 3. The van der Waals surface area contributed by atoms with Crippen LogP contribution in [-0.2, 0) is 9.59 Å². The van der Waals surface area contributed by atoms with Crippen molar-refractivity contribution in [2.45, 2.75) is 6.04 Å². The highest BCUT2D eigenvalue weighted by Crippen LogP contribution is 2.26. The molecule has 0 aliphatic rings. The van der Waals surface area contributed by atoms with Gasteiger partial charge in [0.1, 0.15) is 5.75 Å². The summed E-state index contributed by atoms with van der Waals surface area (Å²) in [6.45, 7) is 0. The number of carbonyl (C=O) groups is 2. The van der Waals surface area contributed by atoms with Crippen molar-refractivity contribution in [3.05, 3.63) is 72.6 Å². The zero-order valence-corrected chi connectivity index (χ0v) is 16.3. The number of nitriles is 1. The molecule has 158 valence electrons. The second-order valence-corrected chi connectivity index (χ2v) is 6.68. The van der Waals surface area contributed by atoms with Crippen LogP contribution in [0.3, 0.4) is 0 Å². The molecule has 0 saturated heterocycles. The first-order chi connectivity index (χ1) is 15.4. The molecule has 0 aliphatic carbocycles. The summed E-state index contributed by atoms with van der Waals surface area (Å²) in [5.74, 6) is -2.25. The normalized spacial score (nSPS) is 10.6. The van der Waals surface area contributed by atoms with Crippen molar-refractivity contribution in [1.29, 1.82) is 5.26 Å². The molecule has 0 radical (unpaired) electrons. The van der Waals surface area contributed by atoms with Crippen molar-refractivity contribution in [2.75, 3.05) is 5.32 Å². The maximum atomic E-state index is 11.0. The van der Waals surface area contributed by atoms with Gasteiger partial charge in [0.2, 0.25) is 11.9 Å². The topological polar surface area (TPSA) is 150 Å². The van der Waals surface area contributed by atoms with Gasteiger partial charge in [0.25, 0.3) is 0 Å². The van der Waals surface area contributed by atoms with Crippen LogP contribution < -0.4 is 10.1 Å². The average molecular weight is 429 g/mol. The molecule has 0 spiro atoms. The number of hydrogen-bond acceptors (Lipinski definition) is 7. The Hall–Kier alpha value is -4.91. The van der Waals surface area contributed by atoms with E-state index in [9.17, 15) is 9.59 Å². The molecule has 2 heterocycles. The second kappa shape index (κ2) is 8.45. The number of carboxylic acid groups (broad SMARTS) is 2. The largest absolute Gasteiger partial charge is 0.479 e. The van der Waals surface area contributed by atoms with Crippen molar-refractivity contribution in [3.8, 4) is 23.4 Å². The Labute approximate surface area is 180 Å². The van der Waals surface area contributed by atoms with E-state index in [0.29, 0.717) is 11.3 Å². The molecule has 10 heteroatoms. The highest BCUT2D eigenvalue weighted by atomic mass is 16.5. The van der Waals surface area contributed by atoms with Crippen molar-refractivity contribution < 1.29 is 24.5 Å². The highest BCUT2D eigenvalue weighted by molar-refractivity contribution is 6.00. The molecule has 0 aliphatic heterocycles. The van der Waals surface area contributed by atoms with E-state index in [1.807, 2.05) is 18.2 Å². The average Bonchev–Trinajstić information content (AvgIpc) is 3.21. The molecule has 2 aromatic heterocycles. The lowest BCUT2D eigenvalue weighted by Crippen LogP contribution is -2.37. The van der Waals surface area contributed by atoms with Crippen LogP contribution in [0, 0.1) is 11.3 Å². The van der Waals surface area contributed by atoms with Crippen molar-refractivity contribution in [1.82, 2.24) is 14.8 Å². The van der Waals surface area contributed by atoms with Gasteiger partial charge in [-0.3, -0.25) is 0 Å². The van der Waals surface area contributed by atoms with E-state index in [1.54, 1.807) is 35.1 Å². The molecule has 0 amide bonds. The van der Waals surface area contributed by atoms with Crippen LogP contribution >= 0.6 is 0 Å². The zero-order chi connectivity index (χ0) is 22.7. The summed E-state index contributed by atoms with van der Waals surface area (Å²) in [7, 11) is 0. The Morgan fingerprint density at radius 2 is 1.78 bits per heavy atom. The molecule has 4 rings (SSSR count). The summed E-state index contributed by atoms with van der Waals surface area (Å²) in [5, 5.41) is 34.4. The Kier molecular flexibility index (Phi) is 5.38. The maximum Gasteiger partial charge on any atom is 0.337 e. The molecule has 0 atom stereocenters. The van der Waals surface area contributed by atoms with Gasteiger partial charge in [0.05, 0.1) is 40.9 Å². The van der Waals surface area contributed by atoms with Gasteiger partial charge in [-0.25, -0.2) is 19.3 Å². The van der Waals surface area contributed by atoms with Gasteiger partial charge < -0.3 is 20.3 Å². The first-order valence-corrected chi connectivity index (χ1v) is 9.29. The van der Waals surface area contributed by atoms with Crippen LogP contribution in [0.2, 0.25) is 0 Å². The summed E-state index contributed by atoms with van der Waals surface area (Å²) in [6, 6.07) is 15.7. The van der Waals surface area contributed by atoms with E-state index in [0.717, 1.165) is 16.6 Å². The van der Waals surface area contributed by atoms with Crippen LogP contribution in [0.1, 0.15) is 5.56 Å². The maximum absolute atomic E-state index is 11.0. The predicted molar refractivity (Wildman–Crippen MR) is 113 cm³/mol. The molecule has 32 heavy (non-hydrogen) atoms. The van der Waals surface area contributed by atoms with Crippen molar-refractivity contribution >= 4 is 28.5 Å². The zero-order valence-electron chi connectivity index (χ0n) is 16.3. The van der Waals surface area contributed by atoms with Crippen LogP contribution in [0.25, 0.3) is 16.6 Å². The lowest BCUT2D eigenvalue weighted by atomic mass is 10.2. The minimum absolute atomic E-state index is 0.228. The number of pyridine rings is 1.